The summed E-state index contributed by atoms with van der Waals surface area (Å²) in [6, 6.07) is 0. The van der Waals surface area contributed by atoms with Gasteiger partial charge in [0.05, 0.1) is 18.3 Å². The van der Waals surface area contributed by atoms with E-state index in [4.69, 9.17) is 0 Å². The quantitative estimate of drug-likeness (QED) is 0.427. The fourth-order valence-electron chi connectivity index (χ4n) is 7.72. The van der Waals surface area contributed by atoms with Gasteiger partial charge in [0, 0.05) is 11.8 Å². The van der Waals surface area contributed by atoms with Crippen LogP contribution in [0.5, 0.6) is 0 Å². The lowest BCUT2D eigenvalue weighted by Gasteiger charge is -2.45. The molecule has 0 heterocycles. The summed E-state index contributed by atoms with van der Waals surface area (Å²) in [7, 11) is 0. The van der Waals surface area contributed by atoms with E-state index in [2.05, 4.69) is 32.6 Å². The van der Waals surface area contributed by atoms with Gasteiger partial charge in [-0.15, -0.1) is 0 Å². The van der Waals surface area contributed by atoms with Crippen molar-refractivity contribution in [2.75, 3.05) is 0 Å². The molecule has 0 radical (unpaired) electrons. The molecule has 34 heavy (non-hydrogen) atoms. The normalized spacial score (nSPS) is 39.2. The molecule has 190 valence electrons. The van der Waals surface area contributed by atoms with Crippen molar-refractivity contribution in [2.24, 2.45) is 28.6 Å². The Morgan fingerprint density at radius 3 is 2.62 bits per heavy atom. The maximum atomic E-state index is 11.9. The number of Topliss-reactive ketones (excluding diaryl/α,β-unsaturated/α-hetero) is 1. The number of fused-ring (bicyclic) bond motifs is 1. The molecule has 0 aromatic carbocycles. The standard InChI is InChI=1S/C30H46O4/c1-19-23(17-24(32)18-28(19)34)10-9-22-7-5-13-29(4)25(11-12-26(22)29)20(2)27(33)8-6-14-30(15-16-30)21(3)31/h9-10,20,24-28,32-34H,1,5-8,11-18H2,2-4H3/b22-9+,23-10-/t20-,24+,25+,26-,27+,28-,29+/m0/s1. The summed E-state index contributed by atoms with van der Waals surface area (Å²) in [5, 5.41) is 31.3. The molecule has 4 aliphatic rings. The van der Waals surface area contributed by atoms with Gasteiger partial charge in [0.25, 0.3) is 0 Å². The monoisotopic (exact) mass is 470 g/mol. The molecule has 4 heteroatoms. The molecule has 0 spiro atoms. The second kappa shape index (κ2) is 10.0. The van der Waals surface area contributed by atoms with Gasteiger partial charge in [-0.05, 0) is 112 Å². The van der Waals surface area contributed by atoms with Crippen LogP contribution < -0.4 is 0 Å². The van der Waals surface area contributed by atoms with E-state index in [0.29, 0.717) is 30.5 Å². The van der Waals surface area contributed by atoms with Crippen LogP contribution >= 0.6 is 0 Å². The topological polar surface area (TPSA) is 77.8 Å². The Morgan fingerprint density at radius 2 is 1.94 bits per heavy atom. The number of carbonyl (C=O) groups is 1. The SMILES string of the molecule is C=C1/C(=C\C=C2/CCC[C@]3(C)[C@@H]([C@H](C)[C@H](O)CCCC4(C(C)=O)CC4)CC[C@@H]23)C[C@@H](O)C[C@@H]1O. The molecule has 4 saturated carbocycles. The molecule has 0 aromatic rings. The number of aliphatic hydroxyl groups is 3. The maximum Gasteiger partial charge on any atom is 0.135 e. The van der Waals surface area contributed by atoms with Crippen molar-refractivity contribution in [3.8, 4) is 0 Å². The molecular weight excluding hydrogens is 424 g/mol. The van der Waals surface area contributed by atoms with Gasteiger partial charge < -0.3 is 15.3 Å². The van der Waals surface area contributed by atoms with Crippen LogP contribution in [0.25, 0.3) is 0 Å². The van der Waals surface area contributed by atoms with Gasteiger partial charge in [0.1, 0.15) is 5.78 Å². The van der Waals surface area contributed by atoms with E-state index >= 15 is 0 Å². The molecule has 3 N–H and O–H groups in total. The van der Waals surface area contributed by atoms with Crippen LogP contribution in [0, 0.1) is 28.6 Å². The van der Waals surface area contributed by atoms with Crippen LogP contribution in [0.1, 0.15) is 97.8 Å². The number of hydrogen-bond donors (Lipinski definition) is 3. The van der Waals surface area contributed by atoms with Crippen LogP contribution in [0.3, 0.4) is 0 Å². The van der Waals surface area contributed by atoms with Gasteiger partial charge in [-0.25, -0.2) is 0 Å². The Morgan fingerprint density at radius 1 is 1.21 bits per heavy atom. The lowest BCUT2D eigenvalue weighted by Crippen LogP contribution is -2.39. The van der Waals surface area contributed by atoms with Crippen molar-refractivity contribution in [2.45, 2.75) is 116 Å². The lowest BCUT2D eigenvalue weighted by molar-refractivity contribution is -0.122. The van der Waals surface area contributed by atoms with E-state index in [0.717, 1.165) is 56.1 Å². The zero-order chi connectivity index (χ0) is 24.7. The molecule has 4 nitrogen and oxygen atoms in total. The van der Waals surface area contributed by atoms with Crippen molar-refractivity contribution in [1.29, 1.82) is 0 Å². The van der Waals surface area contributed by atoms with Gasteiger partial charge in [0.2, 0.25) is 0 Å². The van der Waals surface area contributed by atoms with Crippen molar-refractivity contribution in [3.63, 3.8) is 0 Å². The predicted octanol–water partition coefficient (Wildman–Crippen LogP) is 5.66. The Hall–Kier alpha value is -1.23. The van der Waals surface area contributed by atoms with Gasteiger partial charge in [-0.1, -0.05) is 38.2 Å². The molecule has 0 aliphatic heterocycles. The van der Waals surface area contributed by atoms with Crippen LogP contribution in [0.4, 0.5) is 0 Å². The first-order valence-corrected chi connectivity index (χ1v) is 13.7. The van der Waals surface area contributed by atoms with Crippen LogP contribution in [-0.4, -0.2) is 39.4 Å². The first kappa shape index (κ1) is 25.9. The van der Waals surface area contributed by atoms with Crippen molar-refractivity contribution < 1.29 is 20.1 Å². The molecule has 0 amide bonds. The highest BCUT2D eigenvalue weighted by Gasteiger charge is 2.52. The summed E-state index contributed by atoms with van der Waals surface area (Å²) in [6.07, 6.45) is 14.5. The summed E-state index contributed by atoms with van der Waals surface area (Å²) >= 11 is 0. The minimum atomic E-state index is -0.645. The van der Waals surface area contributed by atoms with E-state index in [-0.39, 0.29) is 22.9 Å². The number of hydrogen-bond acceptors (Lipinski definition) is 4. The third-order valence-electron chi connectivity index (χ3n) is 10.3. The molecule has 0 bridgehead atoms. The van der Waals surface area contributed by atoms with Gasteiger partial charge >= 0.3 is 0 Å². The van der Waals surface area contributed by atoms with Crippen LogP contribution in [0.2, 0.25) is 0 Å². The molecule has 0 aromatic heterocycles. The Labute approximate surface area is 206 Å². The summed E-state index contributed by atoms with van der Waals surface area (Å²) in [4.78, 5) is 11.9. The highest BCUT2D eigenvalue weighted by atomic mass is 16.3. The third-order valence-corrected chi connectivity index (χ3v) is 10.3. The van der Waals surface area contributed by atoms with E-state index < -0.39 is 12.2 Å². The summed E-state index contributed by atoms with van der Waals surface area (Å²) in [6.45, 7) is 10.5. The second-order valence-corrected chi connectivity index (χ2v) is 12.3. The van der Waals surface area contributed by atoms with E-state index in [1.807, 2.05) is 0 Å². The third kappa shape index (κ3) is 5.01. The summed E-state index contributed by atoms with van der Waals surface area (Å²) < 4.78 is 0. The smallest absolute Gasteiger partial charge is 0.135 e. The Kier molecular flexibility index (Phi) is 7.62. The molecule has 0 unspecified atom stereocenters. The van der Waals surface area contributed by atoms with E-state index in [1.54, 1.807) is 6.92 Å². The Bertz CT molecular complexity index is 850. The molecule has 4 aliphatic carbocycles. The molecule has 4 fully saturated rings. The number of allylic oxidation sites excluding steroid dienone is 3. The summed E-state index contributed by atoms with van der Waals surface area (Å²) in [5.41, 5.74) is 3.37. The number of ketones is 1. The first-order chi connectivity index (χ1) is 16.1. The van der Waals surface area contributed by atoms with E-state index in [1.165, 1.54) is 24.8 Å². The van der Waals surface area contributed by atoms with Gasteiger partial charge in [0.15, 0.2) is 0 Å². The lowest BCUT2D eigenvalue weighted by atomic mass is 9.60. The molecule has 4 rings (SSSR count). The fraction of sp³-hybridized carbons (Fsp3) is 0.767. The molecular formula is C30H46O4. The zero-order valence-electron chi connectivity index (χ0n) is 21.6. The van der Waals surface area contributed by atoms with Crippen molar-refractivity contribution in [3.05, 3.63) is 35.5 Å². The second-order valence-electron chi connectivity index (χ2n) is 12.3. The van der Waals surface area contributed by atoms with E-state index in [9.17, 15) is 20.1 Å². The minimum absolute atomic E-state index is 0.0549. The summed E-state index contributed by atoms with van der Waals surface area (Å²) in [5.74, 6) is 1.65. The van der Waals surface area contributed by atoms with Crippen molar-refractivity contribution >= 4 is 5.78 Å². The van der Waals surface area contributed by atoms with Gasteiger partial charge in [-0.3, -0.25) is 4.79 Å². The molecule has 0 saturated heterocycles. The van der Waals surface area contributed by atoms with Gasteiger partial charge in [-0.2, -0.15) is 0 Å². The number of rotatable bonds is 8. The largest absolute Gasteiger partial charge is 0.393 e. The maximum absolute atomic E-state index is 11.9. The molecule has 7 atom stereocenters. The highest BCUT2D eigenvalue weighted by Crippen LogP contribution is 2.60. The van der Waals surface area contributed by atoms with Crippen LogP contribution in [0.15, 0.2) is 35.5 Å². The highest BCUT2D eigenvalue weighted by molar-refractivity contribution is 5.84. The average Bonchev–Trinajstić information content (AvgIpc) is 3.49. The minimum Gasteiger partial charge on any atom is -0.393 e. The average molecular weight is 471 g/mol. The van der Waals surface area contributed by atoms with Crippen molar-refractivity contribution in [1.82, 2.24) is 0 Å². The zero-order valence-corrected chi connectivity index (χ0v) is 21.6. The first-order valence-electron chi connectivity index (χ1n) is 13.7. The Balaban J connectivity index is 1.40. The number of aliphatic hydroxyl groups excluding tert-OH is 3. The number of carbonyl (C=O) groups excluding carboxylic acids is 1. The fourth-order valence-corrected chi connectivity index (χ4v) is 7.72. The predicted molar refractivity (Wildman–Crippen MR) is 136 cm³/mol. The van der Waals surface area contributed by atoms with Crippen LogP contribution in [-0.2, 0) is 4.79 Å².